The van der Waals surface area contributed by atoms with Crippen molar-refractivity contribution in [3.05, 3.63) is 29.8 Å². The third kappa shape index (κ3) is 6.63. The van der Waals surface area contributed by atoms with E-state index in [0.717, 1.165) is 5.56 Å². The topological polar surface area (TPSA) is 58.6 Å². The van der Waals surface area contributed by atoms with Crippen LogP contribution in [0, 0.1) is 12.3 Å². The quantitative estimate of drug-likeness (QED) is 0.812. The summed E-state index contributed by atoms with van der Waals surface area (Å²) in [6.45, 7) is 10.0. The lowest BCUT2D eigenvalue weighted by atomic mass is 9.87. The Kier molecular flexibility index (Phi) is 6.21. The van der Waals surface area contributed by atoms with Gasteiger partial charge in [-0.2, -0.15) is 0 Å². The van der Waals surface area contributed by atoms with Crippen LogP contribution in [0.2, 0.25) is 0 Å². The molecule has 1 amide bonds. The number of benzene rings is 1. The van der Waals surface area contributed by atoms with Crippen molar-refractivity contribution in [2.24, 2.45) is 5.41 Å². The van der Waals surface area contributed by atoms with E-state index >= 15 is 0 Å². The molecule has 4 nitrogen and oxygen atoms in total. The van der Waals surface area contributed by atoms with Gasteiger partial charge >= 0.3 is 0 Å². The van der Waals surface area contributed by atoms with Crippen LogP contribution in [-0.4, -0.2) is 29.8 Å². The Morgan fingerprint density at radius 3 is 2.62 bits per heavy atom. The molecule has 0 bridgehead atoms. The average Bonchev–Trinajstić information content (AvgIpc) is 2.34. The van der Waals surface area contributed by atoms with Crippen LogP contribution in [0.15, 0.2) is 24.3 Å². The predicted molar refractivity (Wildman–Crippen MR) is 84.4 cm³/mol. The maximum Gasteiger partial charge on any atom is 0.260 e. The highest BCUT2D eigenvalue weighted by Crippen LogP contribution is 2.21. The number of rotatable bonds is 7. The van der Waals surface area contributed by atoms with Crippen molar-refractivity contribution in [2.45, 2.75) is 53.2 Å². The molecule has 0 heterocycles. The molecule has 1 rings (SSSR count). The van der Waals surface area contributed by atoms with Gasteiger partial charge in [0.2, 0.25) is 0 Å². The van der Waals surface area contributed by atoms with Crippen LogP contribution >= 0.6 is 0 Å². The standard InChI is InChI=1S/C17H27NO3/c1-12-7-6-8-15(9-12)21-14(3)16(20)18-11-17(4,5)10-13(2)19/h6-9,13-14,19H,10-11H2,1-5H3,(H,18,20). The van der Waals surface area contributed by atoms with Crippen LogP contribution in [0.1, 0.15) is 39.7 Å². The molecule has 0 radical (unpaired) electrons. The molecule has 1 aromatic rings. The number of amides is 1. The second-order valence-electron chi connectivity index (χ2n) is 6.51. The van der Waals surface area contributed by atoms with Gasteiger partial charge in [-0.05, 0) is 50.3 Å². The molecule has 1 aromatic carbocycles. The highest BCUT2D eigenvalue weighted by atomic mass is 16.5. The highest BCUT2D eigenvalue weighted by Gasteiger charge is 2.23. The molecule has 2 atom stereocenters. The number of aryl methyl sites for hydroxylation is 1. The van der Waals surface area contributed by atoms with E-state index < -0.39 is 6.10 Å². The summed E-state index contributed by atoms with van der Waals surface area (Å²) in [6.07, 6.45) is -0.285. The van der Waals surface area contributed by atoms with Crippen LogP contribution < -0.4 is 10.1 Å². The zero-order chi connectivity index (χ0) is 16.0. The number of carbonyl (C=O) groups excluding carboxylic acids is 1. The fourth-order valence-electron chi connectivity index (χ4n) is 2.29. The summed E-state index contributed by atoms with van der Waals surface area (Å²) >= 11 is 0. The molecule has 0 spiro atoms. The molecule has 2 unspecified atom stereocenters. The van der Waals surface area contributed by atoms with E-state index in [9.17, 15) is 9.90 Å². The van der Waals surface area contributed by atoms with Crippen molar-refractivity contribution in [1.82, 2.24) is 5.32 Å². The summed E-state index contributed by atoms with van der Waals surface area (Å²) in [5.74, 6) is 0.552. The van der Waals surface area contributed by atoms with E-state index in [1.807, 2.05) is 45.0 Å². The van der Waals surface area contributed by atoms with Gasteiger partial charge in [-0.1, -0.05) is 26.0 Å². The molecule has 0 fully saturated rings. The SMILES string of the molecule is Cc1cccc(OC(C)C(=O)NCC(C)(C)CC(C)O)c1. The van der Waals surface area contributed by atoms with Crippen molar-refractivity contribution < 1.29 is 14.6 Å². The zero-order valence-electron chi connectivity index (χ0n) is 13.6. The minimum absolute atomic E-state index is 0.143. The van der Waals surface area contributed by atoms with Gasteiger partial charge in [0, 0.05) is 6.54 Å². The van der Waals surface area contributed by atoms with Gasteiger partial charge in [0.25, 0.3) is 5.91 Å². The second kappa shape index (κ2) is 7.46. The van der Waals surface area contributed by atoms with Crippen LogP contribution in [0.3, 0.4) is 0 Å². The fourth-order valence-corrected chi connectivity index (χ4v) is 2.29. The Hall–Kier alpha value is -1.55. The molecule has 118 valence electrons. The first kappa shape index (κ1) is 17.5. The van der Waals surface area contributed by atoms with E-state index in [1.54, 1.807) is 13.8 Å². The van der Waals surface area contributed by atoms with E-state index in [-0.39, 0.29) is 17.4 Å². The third-order valence-electron chi connectivity index (χ3n) is 3.26. The van der Waals surface area contributed by atoms with Crippen molar-refractivity contribution in [1.29, 1.82) is 0 Å². The summed E-state index contributed by atoms with van der Waals surface area (Å²) < 4.78 is 5.64. The van der Waals surface area contributed by atoms with Gasteiger partial charge < -0.3 is 15.2 Å². The van der Waals surface area contributed by atoms with E-state index in [4.69, 9.17) is 4.74 Å². The summed E-state index contributed by atoms with van der Waals surface area (Å²) in [7, 11) is 0. The molecule has 0 aromatic heterocycles. The number of aliphatic hydroxyl groups excluding tert-OH is 1. The molecule has 0 aliphatic heterocycles. The van der Waals surface area contributed by atoms with Gasteiger partial charge in [-0.15, -0.1) is 0 Å². The first-order valence-corrected chi connectivity index (χ1v) is 7.39. The first-order chi connectivity index (χ1) is 9.69. The van der Waals surface area contributed by atoms with Crippen LogP contribution in [0.25, 0.3) is 0 Å². The first-order valence-electron chi connectivity index (χ1n) is 7.39. The fraction of sp³-hybridized carbons (Fsp3) is 0.588. The molecular formula is C17H27NO3. The Labute approximate surface area is 127 Å². The van der Waals surface area contributed by atoms with Gasteiger partial charge in [0.05, 0.1) is 6.10 Å². The Morgan fingerprint density at radius 1 is 1.38 bits per heavy atom. The van der Waals surface area contributed by atoms with Gasteiger partial charge in [0.1, 0.15) is 5.75 Å². The average molecular weight is 293 g/mol. The van der Waals surface area contributed by atoms with Crippen molar-refractivity contribution >= 4 is 5.91 Å². The molecule has 4 heteroatoms. The van der Waals surface area contributed by atoms with E-state index in [1.165, 1.54) is 0 Å². The zero-order valence-corrected chi connectivity index (χ0v) is 13.6. The molecule has 0 aliphatic rings. The molecule has 2 N–H and O–H groups in total. The maximum absolute atomic E-state index is 12.1. The summed E-state index contributed by atoms with van der Waals surface area (Å²) in [5.41, 5.74) is 0.950. The molecule has 21 heavy (non-hydrogen) atoms. The van der Waals surface area contributed by atoms with Crippen molar-refractivity contribution in [2.75, 3.05) is 6.54 Å². The monoisotopic (exact) mass is 293 g/mol. The lowest BCUT2D eigenvalue weighted by Crippen LogP contribution is -2.41. The summed E-state index contributed by atoms with van der Waals surface area (Å²) in [4.78, 5) is 12.1. The molecular weight excluding hydrogens is 266 g/mol. The number of nitrogens with one attached hydrogen (secondary N) is 1. The van der Waals surface area contributed by atoms with Gasteiger partial charge in [-0.3, -0.25) is 4.79 Å². The lowest BCUT2D eigenvalue weighted by Gasteiger charge is -2.27. The van der Waals surface area contributed by atoms with Gasteiger partial charge in [-0.25, -0.2) is 0 Å². The minimum Gasteiger partial charge on any atom is -0.481 e. The predicted octanol–water partition coefficient (Wildman–Crippen LogP) is 2.68. The Bertz CT molecular complexity index is 469. The highest BCUT2D eigenvalue weighted by molar-refractivity contribution is 5.80. The second-order valence-corrected chi connectivity index (χ2v) is 6.51. The van der Waals surface area contributed by atoms with Crippen LogP contribution in [-0.2, 0) is 4.79 Å². The van der Waals surface area contributed by atoms with E-state index in [2.05, 4.69) is 5.32 Å². The molecule has 0 saturated carbocycles. The Balaban J connectivity index is 2.48. The molecule has 0 aliphatic carbocycles. The number of hydrogen-bond donors (Lipinski definition) is 2. The van der Waals surface area contributed by atoms with Crippen LogP contribution in [0.5, 0.6) is 5.75 Å². The van der Waals surface area contributed by atoms with Crippen molar-refractivity contribution in [3.63, 3.8) is 0 Å². The normalized spacial score (nSPS) is 14.4. The summed E-state index contributed by atoms with van der Waals surface area (Å²) in [5, 5.41) is 12.3. The number of hydrogen-bond acceptors (Lipinski definition) is 3. The number of ether oxygens (including phenoxy) is 1. The number of aliphatic hydroxyl groups is 1. The smallest absolute Gasteiger partial charge is 0.260 e. The van der Waals surface area contributed by atoms with Crippen molar-refractivity contribution in [3.8, 4) is 5.75 Å². The number of carbonyl (C=O) groups is 1. The third-order valence-corrected chi connectivity index (χ3v) is 3.26. The lowest BCUT2D eigenvalue weighted by molar-refractivity contribution is -0.127. The van der Waals surface area contributed by atoms with Crippen LogP contribution in [0.4, 0.5) is 0 Å². The largest absolute Gasteiger partial charge is 0.481 e. The Morgan fingerprint density at radius 2 is 2.05 bits per heavy atom. The van der Waals surface area contributed by atoms with Gasteiger partial charge in [0.15, 0.2) is 6.10 Å². The minimum atomic E-state index is -0.547. The van der Waals surface area contributed by atoms with E-state index in [0.29, 0.717) is 18.7 Å². The molecule has 0 saturated heterocycles. The maximum atomic E-state index is 12.1. The summed E-state index contributed by atoms with van der Waals surface area (Å²) in [6, 6.07) is 7.63.